The SMILES string of the molecule is CC(NC(=O)c1ccc(C(C)(C)C)cc1)C(=O)NC(C)c1cccnc1. The van der Waals surface area contributed by atoms with Crippen LogP contribution in [-0.2, 0) is 10.2 Å². The van der Waals surface area contributed by atoms with Gasteiger partial charge in [0, 0.05) is 18.0 Å². The average Bonchev–Trinajstić information content (AvgIpc) is 2.61. The molecule has 2 amide bonds. The van der Waals surface area contributed by atoms with E-state index in [2.05, 4.69) is 36.4 Å². The third-order valence-electron chi connectivity index (χ3n) is 4.30. The van der Waals surface area contributed by atoms with Crippen LogP contribution in [0.3, 0.4) is 0 Å². The first-order chi connectivity index (χ1) is 12.2. The number of carbonyl (C=O) groups excluding carboxylic acids is 2. The third kappa shape index (κ3) is 5.15. The van der Waals surface area contributed by atoms with Crippen LogP contribution in [-0.4, -0.2) is 22.8 Å². The largest absolute Gasteiger partial charge is 0.348 e. The number of hydrogen-bond acceptors (Lipinski definition) is 3. The van der Waals surface area contributed by atoms with Crippen LogP contribution >= 0.6 is 0 Å². The van der Waals surface area contributed by atoms with E-state index in [9.17, 15) is 9.59 Å². The fourth-order valence-electron chi connectivity index (χ4n) is 2.52. The molecule has 2 rings (SSSR count). The minimum atomic E-state index is -0.635. The van der Waals surface area contributed by atoms with Gasteiger partial charge in [0.05, 0.1) is 6.04 Å². The number of benzene rings is 1. The molecule has 1 heterocycles. The number of rotatable bonds is 5. The van der Waals surface area contributed by atoms with Crippen LogP contribution in [0.1, 0.15) is 62.1 Å². The molecule has 26 heavy (non-hydrogen) atoms. The summed E-state index contributed by atoms with van der Waals surface area (Å²) < 4.78 is 0. The van der Waals surface area contributed by atoms with Gasteiger partial charge in [-0.2, -0.15) is 0 Å². The van der Waals surface area contributed by atoms with Crippen LogP contribution in [0, 0.1) is 0 Å². The van der Waals surface area contributed by atoms with Crippen LogP contribution in [0.25, 0.3) is 0 Å². The summed E-state index contributed by atoms with van der Waals surface area (Å²) in [5, 5.41) is 5.63. The predicted octanol–water partition coefficient (Wildman–Crippen LogP) is 3.37. The smallest absolute Gasteiger partial charge is 0.251 e. The predicted molar refractivity (Wildman–Crippen MR) is 103 cm³/mol. The highest BCUT2D eigenvalue weighted by molar-refractivity contribution is 5.97. The normalized spacial score (nSPS) is 13.6. The first kappa shape index (κ1) is 19.6. The zero-order chi connectivity index (χ0) is 19.3. The van der Waals surface area contributed by atoms with E-state index in [4.69, 9.17) is 0 Å². The number of aromatic nitrogens is 1. The van der Waals surface area contributed by atoms with Gasteiger partial charge in [-0.1, -0.05) is 39.0 Å². The molecule has 1 aromatic carbocycles. The molecule has 0 radical (unpaired) electrons. The van der Waals surface area contributed by atoms with Gasteiger partial charge in [-0.25, -0.2) is 0 Å². The lowest BCUT2D eigenvalue weighted by molar-refractivity contribution is -0.123. The maximum absolute atomic E-state index is 12.4. The highest BCUT2D eigenvalue weighted by Gasteiger charge is 2.19. The molecule has 0 fully saturated rings. The summed E-state index contributed by atoms with van der Waals surface area (Å²) in [6.45, 7) is 9.93. The molecule has 138 valence electrons. The zero-order valence-electron chi connectivity index (χ0n) is 16.0. The molecule has 0 spiro atoms. The van der Waals surface area contributed by atoms with Crippen molar-refractivity contribution in [3.63, 3.8) is 0 Å². The minimum Gasteiger partial charge on any atom is -0.348 e. The van der Waals surface area contributed by atoms with Crippen molar-refractivity contribution in [2.45, 2.75) is 52.1 Å². The number of hydrogen-bond donors (Lipinski definition) is 2. The molecule has 0 saturated heterocycles. The van der Waals surface area contributed by atoms with Crippen molar-refractivity contribution in [2.24, 2.45) is 0 Å². The van der Waals surface area contributed by atoms with E-state index in [1.165, 1.54) is 0 Å². The lowest BCUT2D eigenvalue weighted by atomic mass is 9.86. The van der Waals surface area contributed by atoms with Crippen molar-refractivity contribution in [3.8, 4) is 0 Å². The van der Waals surface area contributed by atoms with E-state index >= 15 is 0 Å². The van der Waals surface area contributed by atoms with E-state index in [-0.39, 0.29) is 23.3 Å². The molecule has 0 aliphatic heterocycles. The van der Waals surface area contributed by atoms with Crippen molar-refractivity contribution in [1.82, 2.24) is 15.6 Å². The number of pyridine rings is 1. The van der Waals surface area contributed by atoms with Gasteiger partial charge in [-0.15, -0.1) is 0 Å². The number of nitrogens with zero attached hydrogens (tertiary/aromatic N) is 1. The molecule has 2 atom stereocenters. The Morgan fingerprint density at radius 3 is 2.19 bits per heavy atom. The maximum atomic E-state index is 12.4. The van der Waals surface area contributed by atoms with Crippen molar-refractivity contribution in [1.29, 1.82) is 0 Å². The Hall–Kier alpha value is -2.69. The van der Waals surface area contributed by atoms with E-state index in [1.54, 1.807) is 31.5 Å². The standard InChI is InChI=1S/C21H27N3O2/c1-14(17-7-6-12-22-13-17)23-19(25)15(2)24-20(26)16-8-10-18(11-9-16)21(3,4)5/h6-15H,1-5H3,(H,23,25)(H,24,26). The Kier molecular flexibility index (Phi) is 6.14. The summed E-state index contributed by atoms with van der Waals surface area (Å²) in [6, 6.07) is 10.4. The molecule has 0 bridgehead atoms. The van der Waals surface area contributed by atoms with Gasteiger partial charge >= 0.3 is 0 Å². The Morgan fingerprint density at radius 2 is 1.65 bits per heavy atom. The highest BCUT2D eigenvalue weighted by atomic mass is 16.2. The second kappa shape index (κ2) is 8.13. The monoisotopic (exact) mass is 353 g/mol. The second-order valence-electron chi connectivity index (χ2n) is 7.54. The molecular formula is C21H27N3O2. The molecule has 1 aromatic heterocycles. The van der Waals surface area contributed by atoms with Crippen molar-refractivity contribution >= 4 is 11.8 Å². The fourth-order valence-corrected chi connectivity index (χ4v) is 2.52. The molecule has 2 N–H and O–H groups in total. The number of amides is 2. The van der Waals surface area contributed by atoms with Crippen LogP contribution in [0.4, 0.5) is 0 Å². The van der Waals surface area contributed by atoms with Gasteiger partial charge in [0.15, 0.2) is 0 Å². The Labute approximate surface area is 155 Å². The van der Waals surface area contributed by atoms with Crippen molar-refractivity contribution in [3.05, 3.63) is 65.5 Å². The molecule has 2 unspecified atom stereocenters. The van der Waals surface area contributed by atoms with Gasteiger partial charge in [0.2, 0.25) is 5.91 Å². The topological polar surface area (TPSA) is 71.1 Å². The number of carbonyl (C=O) groups is 2. The molecule has 5 nitrogen and oxygen atoms in total. The Morgan fingerprint density at radius 1 is 1.00 bits per heavy atom. The Bertz CT molecular complexity index is 749. The van der Waals surface area contributed by atoms with Gasteiger partial charge in [0.25, 0.3) is 5.91 Å². The fraction of sp³-hybridized carbons (Fsp3) is 0.381. The quantitative estimate of drug-likeness (QED) is 0.866. The molecule has 0 saturated carbocycles. The molecule has 5 heteroatoms. The molecular weight excluding hydrogens is 326 g/mol. The molecule has 0 aliphatic carbocycles. The van der Waals surface area contributed by atoms with Gasteiger partial charge < -0.3 is 10.6 Å². The maximum Gasteiger partial charge on any atom is 0.251 e. The summed E-state index contributed by atoms with van der Waals surface area (Å²) >= 11 is 0. The van der Waals surface area contributed by atoms with E-state index in [0.29, 0.717) is 5.56 Å². The van der Waals surface area contributed by atoms with Crippen LogP contribution in [0.15, 0.2) is 48.8 Å². The van der Waals surface area contributed by atoms with Gasteiger partial charge in [0.1, 0.15) is 6.04 Å². The summed E-state index contributed by atoms with van der Waals surface area (Å²) in [6.07, 6.45) is 3.40. The summed E-state index contributed by atoms with van der Waals surface area (Å²) in [4.78, 5) is 28.8. The number of nitrogens with one attached hydrogen (secondary N) is 2. The molecule has 2 aromatic rings. The van der Waals surface area contributed by atoms with Gasteiger partial charge in [-0.05, 0) is 48.6 Å². The lowest BCUT2D eigenvalue weighted by Crippen LogP contribution is -2.45. The van der Waals surface area contributed by atoms with Crippen LogP contribution in [0.2, 0.25) is 0 Å². The van der Waals surface area contributed by atoms with Gasteiger partial charge in [-0.3, -0.25) is 14.6 Å². The van der Waals surface area contributed by atoms with Crippen molar-refractivity contribution < 1.29 is 9.59 Å². The molecule has 0 aliphatic rings. The highest BCUT2D eigenvalue weighted by Crippen LogP contribution is 2.22. The van der Waals surface area contributed by atoms with Crippen LogP contribution in [0.5, 0.6) is 0 Å². The summed E-state index contributed by atoms with van der Waals surface area (Å²) in [5.41, 5.74) is 2.64. The summed E-state index contributed by atoms with van der Waals surface area (Å²) in [7, 11) is 0. The lowest BCUT2D eigenvalue weighted by Gasteiger charge is -2.20. The summed E-state index contributed by atoms with van der Waals surface area (Å²) in [5.74, 6) is -0.497. The average molecular weight is 353 g/mol. The third-order valence-corrected chi connectivity index (χ3v) is 4.30. The first-order valence-corrected chi connectivity index (χ1v) is 8.80. The van der Waals surface area contributed by atoms with E-state index in [0.717, 1.165) is 11.1 Å². The van der Waals surface area contributed by atoms with Crippen LogP contribution < -0.4 is 10.6 Å². The first-order valence-electron chi connectivity index (χ1n) is 8.80. The van der Waals surface area contributed by atoms with E-state index < -0.39 is 6.04 Å². The van der Waals surface area contributed by atoms with Crippen molar-refractivity contribution in [2.75, 3.05) is 0 Å². The second-order valence-corrected chi connectivity index (χ2v) is 7.54. The zero-order valence-corrected chi connectivity index (χ0v) is 16.0. The van der Waals surface area contributed by atoms with E-state index in [1.807, 2.05) is 31.2 Å². The minimum absolute atomic E-state index is 0.0324. The Balaban J connectivity index is 1.94.